The number of nitrogens with zero attached hydrogens (tertiary/aromatic N) is 5. The van der Waals surface area contributed by atoms with Gasteiger partial charge in [0.05, 0.1) is 22.9 Å². The number of benzene rings is 2. The van der Waals surface area contributed by atoms with Crippen molar-refractivity contribution < 1.29 is 17.0 Å². The van der Waals surface area contributed by atoms with Crippen LogP contribution >= 0.6 is 11.3 Å². The number of aryl methyl sites for hydroxylation is 2. The first-order chi connectivity index (χ1) is 15.2. The first-order valence-electron chi connectivity index (χ1n) is 11.1. The molecule has 0 aliphatic heterocycles. The lowest BCUT2D eigenvalue weighted by atomic mass is 10.1. The summed E-state index contributed by atoms with van der Waals surface area (Å²) in [6.07, 6.45) is 2.19. The number of hydrogen-bond donors (Lipinski definition) is 0. The van der Waals surface area contributed by atoms with Crippen molar-refractivity contribution in [1.29, 1.82) is 0 Å². The van der Waals surface area contributed by atoms with Crippen LogP contribution in [0, 0.1) is 0 Å². The minimum atomic E-state index is 0. The normalized spacial score (nSPS) is 11.2. The second-order valence-corrected chi connectivity index (χ2v) is 8.32. The number of aromatic nitrogens is 2. The molecule has 0 aliphatic rings. The van der Waals surface area contributed by atoms with Crippen LogP contribution in [0.3, 0.4) is 0 Å². The van der Waals surface area contributed by atoms with Crippen molar-refractivity contribution in [2.24, 2.45) is 10.2 Å². The quantitative estimate of drug-likeness (QED) is 0.285. The zero-order chi connectivity index (χ0) is 21.8. The van der Waals surface area contributed by atoms with Crippen molar-refractivity contribution in [3.8, 4) is 11.3 Å². The maximum Gasteiger partial charge on any atom is 0.410 e. The van der Waals surface area contributed by atoms with Crippen LogP contribution < -0.4 is 21.9 Å². The molecule has 0 N–H and O–H groups in total. The molecule has 5 nitrogen and oxygen atoms in total. The average molecular weight is 468 g/mol. The van der Waals surface area contributed by atoms with Crippen LogP contribution in [0.25, 0.3) is 22.2 Å². The number of hydrogen-bond acceptors (Lipinski definition) is 4. The molecule has 0 saturated carbocycles. The van der Waals surface area contributed by atoms with Crippen LogP contribution in [-0.2, 0) is 13.1 Å². The molecule has 0 radical (unpaired) electrons. The summed E-state index contributed by atoms with van der Waals surface area (Å²) in [5.41, 5.74) is 4.41. The first-order valence-corrected chi connectivity index (χ1v) is 11.9. The third-order valence-electron chi connectivity index (χ3n) is 5.67. The molecule has 32 heavy (non-hydrogen) atoms. The average Bonchev–Trinajstić information content (AvgIpc) is 3.37. The van der Waals surface area contributed by atoms with Gasteiger partial charge in [-0.3, -0.25) is 0 Å². The van der Waals surface area contributed by atoms with Gasteiger partial charge < -0.3 is 21.9 Å². The summed E-state index contributed by atoms with van der Waals surface area (Å²) in [5.74, 6) is 0. The summed E-state index contributed by atoms with van der Waals surface area (Å²) in [4.78, 5) is 2.36. The van der Waals surface area contributed by atoms with Gasteiger partial charge in [0, 0.05) is 30.6 Å². The van der Waals surface area contributed by atoms with E-state index in [-0.39, 0.29) is 12.4 Å². The molecule has 0 atom stereocenters. The molecule has 0 bridgehead atoms. The van der Waals surface area contributed by atoms with Gasteiger partial charge in [-0.25, -0.2) is 4.57 Å². The Kier molecular flexibility index (Phi) is 8.04. The zero-order valence-electron chi connectivity index (χ0n) is 19.1. The van der Waals surface area contributed by atoms with Crippen LogP contribution in [0.5, 0.6) is 0 Å². The van der Waals surface area contributed by atoms with E-state index >= 15 is 0 Å². The van der Waals surface area contributed by atoms with E-state index in [4.69, 9.17) is 10.2 Å². The standard InChI is InChI=1S/C25H30N5S.ClH/c1-5-28(6-2)22-18-29(7-3)25(31-22)27-26-23-20-16-12-13-17-21(20)30(8-4)24(23)19-14-10-9-11-15-19;/h9-18H,5-8H2,1-4H3;1H/q+1;/p-1. The van der Waals surface area contributed by atoms with Crippen molar-refractivity contribution in [3.63, 3.8) is 0 Å². The number of rotatable bonds is 8. The maximum absolute atomic E-state index is 4.86. The Bertz CT molecular complexity index is 1190. The molecular formula is C25H30ClN5S. The predicted molar refractivity (Wildman–Crippen MR) is 131 cm³/mol. The molecule has 0 spiro atoms. The van der Waals surface area contributed by atoms with Crippen molar-refractivity contribution >= 4 is 38.1 Å². The zero-order valence-corrected chi connectivity index (χ0v) is 20.7. The van der Waals surface area contributed by atoms with Crippen molar-refractivity contribution in [3.05, 3.63) is 60.8 Å². The largest absolute Gasteiger partial charge is 1.00 e. The summed E-state index contributed by atoms with van der Waals surface area (Å²) in [6, 6.07) is 19.0. The third-order valence-corrected chi connectivity index (χ3v) is 6.74. The van der Waals surface area contributed by atoms with Crippen molar-refractivity contribution in [2.45, 2.75) is 40.8 Å². The minimum absolute atomic E-state index is 0. The number of para-hydroxylation sites is 1. The molecule has 0 fully saturated rings. The second-order valence-electron chi connectivity index (χ2n) is 7.33. The number of fused-ring (bicyclic) bond motifs is 1. The minimum Gasteiger partial charge on any atom is -1.00 e. The van der Waals surface area contributed by atoms with E-state index in [1.54, 1.807) is 11.3 Å². The molecule has 0 amide bonds. The number of thiazole rings is 1. The Labute approximate surface area is 200 Å². The second kappa shape index (κ2) is 10.7. The van der Waals surface area contributed by atoms with E-state index in [1.807, 2.05) is 6.07 Å². The smallest absolute Gasteiger partial charge is 0.410 e. The van der Waals surface area contributed by atoms with Gasteiger partial charge >= 0.3 is 5.13 Å². The third kappa shape index (κ3) is 4.43. The van der Waals surface area contributed by atoms with Gasteiger partial charge in [-0.1, -0.05) is 48.5 Å². The molecule has 2 aromatic heterocycles. The molecule has 7 heteroatoms. The molecular weight excluding hydrogens is 438 g/mol. The van der Waals surface area contributed by atoms with Crippen LogP contribution in [0.15, 0.2) is 71.0 Å². The van der Waals surface area contributed by atoms with Crippen molar-refractivity contribution in [1.82, 2.24) is 4.57 Å². The Morgan fingerprint density at radius 1 is 0.906 bits per heavy atom. The van der Waals surface area contributed by atoms with Gasteiger partial charge in [-0.05, 0) is 50.2 Å². The summed E-state index contributed by atoms with van der Waals surface area (Å²) in [7, 11) is 0. The Hall–Kier alpha value is -2.70. The molecule has 168 valence electrons. The molecule has 0 unspecified atom stereocenters. The maximum atomic E-state index is 4.86. The van der Waals surface area contributed by atoms with Gasteiger partial charge in [-0.2, -0.15) is 0 Å². The van der Waals surface area contributed by atoms with E-state index in [9.17, 15) is 0 Å². The molecule has 2 heterocycles. The number of anilines is 1. The van der Waals surface area contributed by atoms with Crippen LogP contribution in [0.4, 0.5) is 15.8 Å². The van der Waals surface area contributed by atoms with Crippen LogP contribution in [0.1, 0.15) is 27.7 Å². The van der Waals surface area contributed by atoms with E-state index in [1.165, 1.54) is 10.5 Å². The molecule has 4 rings (SSSR count). The van der Waals surface area contributed by atoms with Crippen molar-refractivity contribution in [2.75, 3.05) is 18.0 Å². The number of halogens is 1. The van der Waals surface area contributed by atoms with Gasteiger partial charge in [-0.15, -0.1) is 0 Å². The highest BCUT2D eigenvalue weighted by atomic mass is 35.5. The lowest BCUT2D eigenvalue weighted by Gasteiger charge is -2.16. The molecule has 2 aromatic carbocycles. The topological polar surface area (TPSA) is 36.8 Å². The highest BCUT2D eigenvalue weighted by molar-refractivity contribution is 7.18. The fourth-order valence-electron chi connectivity index (χ4n) is 4.05. The van der Waals surface area contributed by atoms with Crippen LogP contribution in [-0.4, -0.2) is 17.7 Å². The molecule has 0 saturated heterocycles. The lowest BCUT2D eigenvalue weighted by Crippen LogP contribution is -3.00. The first kappa shape index (κ1) is 24.0. The molecule has 4 aromatic rings. The summed E-state index contributed by atoms with van der Waals surface area (Å²) in [6.45, 7) is 12.4. The van der Waals surface area contributed by atoms with E-state index in [0.717, 1.165) is 53.6 Å². The van der Waals surface area contributed by atoms with Gasteiger partial charge in [0.2, 0.25) is 0 Å². The summed E-state index contributed by atoms with van der Waals surface area (Å²) >= 11 is 1.70. The molecule has 0 aliphatic carbocycles. The fraction of sp³-hybridized carbons (Fsp3) is 0.320. The Balaban J connectivity index is 0.00000289. The van der Waals surface area contributed by atoms with Gasteiger partial charge in [0.25, 0.3) is 0 Å². The predicted octanol–water partition coefficient (Wildman–Crippen LogP) is 3.96. The van der Waals surface area contributed by atoms with E-state index in [2.05, 4.69) is 96.5 Å². The van der Waals surface area contributed by atoms with Gasteiger partial charge in [0.1, 0.15) is 16.9 Å². The van der Waals surface area contributed by atoms with E-state index in [0.29, 0.717) is 0 Å². The van der Waals surface area contributed by atoms with Gasteiger partial charge in [0.15, 0.2) is 0 Å². The highest BCUT2D eigenvalue weighted by Gasteiger charge is 2.22. The Morgan fingerprint density at radius 2 is 1.59 bits per heavy atom. The monoisotopic (exact) mass is 467 g/mol. The van der Waals surface area contributed by atoms with Crippen LogP contribution in [0.2, 0.25) is 0 Å². The SMILES string of the molecule is CCN(CC)c1c[n+](CC)c(/N=N/c2c(-c3ccccc3)n(CC)c3ccccc23)s1.[Cl-]. The number of azo groups is 1. The van der Waals surface area contributed by atoms with E-state index < -0.39 is 0 Å². The fourth-order valence-corrected chi connectivity index (χ4v) is 5.18. The summed E-state index contributed by atoms with van der Waals surface area (Å²) < 4.78 is 4.52. The highest BCUT2D eigenvalue weighted by Crippen LogP contribution is 2.41. The lowest BCUT2D eigenvalue weighted by molar-refractivity contribution is -0.676. The summed E-state index contributed by atoms with van der Waals surface area (Å²) in [5, 5.41) is 12.9. The Morgan fingerprint density at radius 3 is 2.25 bits per heavy atom.